The molecule has 19 heavy (non-hydrogen) atoms. The third kappa shape index (κ3) is 5.97. The summed E-state index contributed by atoms with van der Waals surface area (Å²) in [4.78, 5) is 10.8. The minimum Gasteiger partial charge on any atom is -0.481 e. The van der Waals surface area contributed by atoms with Gasteiger partial charge in [-0.25, -0.2) is 8.42 Å². The van der Waals surface area contributed by atoms with E-state index in [-0.39, 0.29) is 17.4 Å². The van der Waals surface area contributed by atoms with Crippen LogP contribution >= 0.6 is 27.7 Å². The third-order valence-corrected chi connectivity index (χ3v) is 6.08. The number of carbonyl (C=O) groups is 1. The van der Waals surface area contributed by atoms with Gasteiger partial charge in [-0.2, -0.15) is 11.8 Å². The van der Waals surface area contributed by atoms with Crippen molar-refractivity contribution in [2.45, 2.75) is 23.5 Å². The van der Waals surface area contributed by atoms with Crippen LogP contribution in [-0.2, 0) is 14.6 Å². The number of halogens is 1. The fourth-order valence-corrected chi connectivity index (χ4v) is 4.40. The van der Waals surface area contributed by atoms with Gasteiger partial charge >= 0.3 is 5.97 Å². The number of thioether (sulfide) groups is 1. The third-order valence-electron chi connectivity index (χ3n) is 2.39. The molecular formula is C12H15BrO4S2. The van der Waals surface area contributed by atoms with E-state index in [1.165, 1.54) is 11.8 Å². The SMILES string of the molecule is CC(CC(=O)O)SCCS(=O)(=O)c1ccc(Br)cc1. The van der Waals surface area contributed by atoms with Crippen LogP contribution < -0.4 is 0 Å². The Morgan fingerprint density at radius 1 is 1.37 bits per heavy atom. The lowest BCUT2D eigenvalue weighted by molar-refractivity contribution is -0.136. The van der Waals surface area contributed by atoms with E-state index in [1.807, 2.05) is 0 Å². The summed E-state index contributed by atoms with van der Waals surface area (Å²) < 4.78 is 24.8. The summed E-state index contributed by atoms with van der Waals surface area (Å²) in [7, 11) is -3.29. The Morgan fingerprint density at radius 2 is 1.95 bits per heavy atom. The van der Waals surface area contributed by atoms with Crippen molar-refractivity contribution in [2.75, 3.05) is 11.5 Å². The smallest absolute Gasteiger partial charge is 0.304 e. The largest absolute Gasteiger partial charge is 0.481 e. The molecule has 1 aromatic rings. The number of sulfone groups is 1. The van der Waals surface area contributed by atoms with E-state index in [1.54, 1.807) is 31.2 Å². The van der Waals surface area contributed by atoms with Gasteiger partial charge in [0.2, 0.25) is 0 Å². The molecule has 0 saturated carbocycles. The van der Waals surface area contributed by atoms with Gasteiger partial charge in [-0.15, -0.1) is 0 Å². The molecule has 0 aliphatic carbocycles. The molecule has 1 aromatic carbocycles. The molecule has 0 saturated heterocycles. The molecule has 0 aliphatic rings. The van der Waals surface area contributed by atoms with Gasteiger partial charge in [0.15, 0.2) is 9.84 Å². The summed E-state index contributed by atoms with van der Waals surface area (Å²) in [5.74, 6) is -0.452. The van der Waals surface area contributed by atoms with Crippen LogP contribution in [0.25, 0.3) is 0 Å². The zero-order valence-corrected chi connectivity index (χ0v) is 13.6. The van der Waals surface area contributed by atoms with Crippen LogP contribution in [0.4, 0.5) is 0 Å². The second-order valence-corrected chi connectivity index (χ2v) is 8.62. The van der Waals surface area contributed by atoms with E-state index >= 15 is 0 Å². The molecule has 4 nitrogen and oxygen atoms in total. The van der Waals surface area contributed by atoms with Crippen molar-refractivity contribution in [3.63, 3.8) is 0 Å². The normalized spacial score (nSPS) is 13.2. The minimum absolute atomic E-state index is 0.0171. The molecule has 1 N–H and O–H groups in total. The Balaban J connectivity index is 2.52. The van der Waals surface area contributed by atoms with Crippen LogP contribution in [0.15, 0.2) is 33.6 Å². The van der Waals surface area contributed by atoms with Crippen LogP contribution in [0.2, 0.25) is 0 Å². The molecule has 1 atom stereocenters. The highest BCUT2D eigenvalue weighted by Crippen LogP contribution is 2.19. The lowest BCUT2D eigenvalue weighted by Crippen LogP contribution is -2.12. The number of rotatable bonds is 7. The molecular weight excluding hydrogens is 352 g/mol. The fraction of sp³-hybridized carbons (Fsp3) is 0.417. The van der Waals surface area contributed by atoms with E-state index in [9.17, 15) is 13.2 Å². The summed E-state index contributed by atoms with van der Waals surface area (Å²) in [6.07, 6.45) is 0.0446. The van der Waals surface area contributed by atoms with Crippen LogP contribution in [-0.4, -0.2) is 36.2 Å². The second kappa shape index (κ2) is 7.31. The average Bonchev–Trinajstić information content (AvgIpc) is 2.28. The Bertz CT molecular complexity index is 525. The first kappa shape index (κ1) is 16.5. The molecule has 1 rings (SSSR count). The monoisotopic (exact) mass is 366 g/mol. The molecule has 0 radical (unpaired) electrons. The lowest BCUT2D eigenvalue weighted by Gasteiger charge is -2.09. The molecule has 0 amide bonds. The number of hydrogen-bond donors (Lipinski definition) is 1. The minimum atomic E-state index is -3.29. The highest BCUT2D eigenvalue weighted by Gasteiger charge is 2.15. The van der Waals surface area contributed by atoms with Gasteiger partial charge in [-0.05, 0) is 24.3 Å². The van der Waals surface area contributed by atoms with Gasteiger partial charge in [0.25, 0.3) is 0 Å². The molecule has 0 bridgehead atoms. The summed E-state index contributed by atoms with van der Waals surface area (Å²) in [5.41, 5.74) is 0. The highest BCUT2D eigenvalue weighted by atomic mass is 79.9. The van der Waals surface area contributed by atoms with E-state index in [0.717, 1.165) is 4.47 Å². The van der Waals surface area contributed by atoms with Gasteiger partial charge in [-0.3, -0.25) is 4.79 Å². The van der Waals surface area contributed by atoms with Crippen LogP contribution in [0.5, 0.6) is 0 Å². The topological polar surface area (TPSA) is 71.4 Å². The molecule has 0 heterocycles. The van der Waals surface area contributed by atoms with Crippen LogP contribution in [0.1, 0.15) is 13.3 Å². The Morgan fingerprint density at radius 3 is 2.47 bits per heavy atom. The van der Waals surface area contributed by atoms with Gasteiger partial charge < -0.3 is 5.11 Å². The molecule has 0 aromatic heterocycles. The zero-order valence-electron chi connectivity index (χ0n) is 10.4. The van der Waals surface area contributed by atoms with Crippen molar-refractivity contribution in [1.82, 2.24) is 0 Å². The first-order valence-electron chi connectivity index (χ1n) is 5.63. The molecule has 1 unspecified atom stereocenters. The summed E-state index contributed by atoms with van der Waals surface area (Å²) in [6.45, 7) is 1.78. The zero-order chi connectivity index (χ0) is 14.5. The van der Waals surface area contributed by atoms with Gasteiger partial charge in [-0.1, -0.05) is 22.9 Å². The van der Waals surface area contributed by atoms with E-state index < -0.39 is 15.8 Å². The van der Waals surface area contributed by atoms with Gasteiger partial charge in [0, 0.05) is 15.5 Å². The van der Waals surface area contributed by atoms with Crippen molar-refractivity contribution in [2.24, 2.45) is 0 Å². The number of benzene rings is 1. The fourth-order valence-electron chi connectivity index (χ4n) is 1.42. The van der Waals surface area contributed by atoms with Crippen molar-refractivity contribution < 1.29 is 18.3 Å². The maximum Gasteiger partial charge on any atom is 0.304 e. The quantitative estimate of drug-likeness (QED) is 0.803. The molecule has 0 spiro atoms. The predicted molar refractivity (Wildman–Crippen MR) is 80.4 cm³/mol. The van der Waals surface area contributed by atoms with Crippen molar-refractivity contribution in [3.8, 4) is 0 Å². The van der Waals surface area contributed by atoms with Gasteiger partial charge in [0.05, 0.1) is 17.1 Å². The Labute approximate surface area is 125 Å². The average molecular weight is 367 g/mol. The number of carboxylic acid groups (broad SMARTS) is 1. The van der Waals surface area contributed by atoms with E-state index in [0.29, 0.717) is 10.6 Å². The standard InChI is InChI=1S/C12H15BrO4S2/c1-9(8-12(14)15)18-6-7-19(16,17)11-4-2-10(13)3-5-11/h2-5,9H,6-8H2,1H3,(H,14,15). The summed E-state index contributed by atoms with van der Waals surface area (Å²) >= 11 is 4.61. The first-order chi connectivity index (χ1) is 8.81. The van der Waals surface area contributed by atoms with Crippen molar-refractivity contribution in [1.29, 1.82) is 0 Å². The van der Waals surface area contributed by atoms with E-state index in [2.05, 4.69) is 15.9 Å². The number of aliphatic carboxylic acids is 1. The maximum absolute atomic E-state index is 12.0. The second-order valence-electron chi connectivity index (χ2n) is 4.05. The Kier molecular flexibility index (Phi) is 6.35. The number of carboxylic acids is 1. The first-order valence-corrected chi connectivity index (χ1v) is 9.12. The van der Waals surface area contributed by atoms with Gasteiger partial charge in [0.1, 0.15) is 0 Å². The van der Waals surface area contributed by atoms with Crippen LogP contribution in [0, 0.1) is 0 Å². The number of hydrogen-bond acceptors (Lipinski definition) is 4. The summed E-state index contributed by atoms with van der Waals surface area (Å²) in [5, 5.41) is 8.53. The molecule has 0 aliphatic heterocycles. The lowest BCUT2D eigenvalue weighted by atomic mass is 10.3. The van der Waals surface area contributed by atoms with Crippen LogP contribution in [0.3, 0.4) is 0 Å². The van der Waals surface area contributed by atoms with Crippen molar-refractivity contribution >= 4 is 43.5 Å². The summed E-state index contributed by atoms with van der Waals surface area (Å²) in [6, 6.07) is 6.50. The molecule has 7 heteroatoms. The van der Waals surface area contributed by atoms with E-state index in [4.69, 9.17) is 5.11 Å². The molecule has 0 fully saturated rings. The predicted octanol–water partition coefficient (Wildman–Crippen LogP) is 2.82. The maximum atomic E-state index is 12.0. The van der Waals surface area contributed by atoms with Crippen molar-refractivity contribution in [3.05, 3.63) is 28.7 Å². The highest BCUT2D eigenvalue weighted by molar-refractivity contribution is 9.10. The Hall–Kier alpha value is -0.530. The molecule has 106 valence electrons.